The van der Waals surface area contributed by atoms with E-state index in [1.165, 1.54) is 13.2 Å². The number of benzene rings is 1. The average molecular weight is 292 g/mol. The molecule has 2 rings (SSSR count). The van der Waals surface area contributed by atoms with Crippen LogP contribution in [0.25, 0.3) is 10.8 Å². The van der Waals surface area contributed by atoms with E-state index in [0.717, 1.165) is 0 Å². The molecule has 1 unspecified atom stereocenters. The summed E-state index contributed by atoms with van der Waals surface area (Å²) in [5.74, 6) is -0.348. The minimum absolute atomic E-state index is 0.0600. The average Bonchev–Trinajstić information content (AvgIpc) is 2.48. The highest BCUT2D eigenvalue weighted by molar-refractivity contribution is 6.01. The third kappa shape index (κ3) is 3.18. The zero-order chi connectivity index (χ0) is 15.4. The van der Waals surface area contributed by atoms with E-state index < -0.39 is 17.2 Å². The van der Waals surface area contributed by atoms with Crippen LogP contribution < -0.4 is 22.2 Å². The molecule has 1 heterocycles. The predicted molar refractivity (Wildman–Crippen MR) is 78.3 cm³/mol. The fourth-order valence-electron chi connectivity index (χ4n) is 2.00. The van der Waals surface area contributed by atoms with E-state index in [1.807, 2.05) is 0 Å². The minimum Gasteiger partial charge on any atom is -0.380 e. The van der Waals surface area contributed by atoms with Crippen LogP contribution in [0.4, 0.5) is 5.69 Å². The topological polar surface area (TPSA) is 130 Å². The van der Waals surface area contributed by atoms with Crippen molar-refractivity contribution < 1.29 is 9.53 Å². The molecular weight excluding hydrogens is 276 g/mol. The molecule has 1 atom stereocenters. The molecule has 1 aromatic heterocycles. The lowest BCUT2D eigenvalue weighted by atomic mass is 10.1. The zero-order valence-electron chi connectivity index (χ0n) is 11.4. The summed E-state index contributed by atoms with van der Waals surface area (Å²) >= 11 is 0. The van der Waals surface area contributed by atoms with Crippen molar-refractivity contribution >= 4 is 22.4 Å². The van der Waals surface area contributed by atoms with Crippen molar-refractivity contribution in [2.75, 3.05) is 19.0 Å². The maximum atomic E-state index is 11.9. The Bertz CT molecular complexity index is 761. The number of anilines is 1. The number of H-pyrrole nitrogens is 2. The van der Waals surface area contributed by atoms with Crippen molar-refractivity contribution in [3.63, 3.8) is 0 Å². The van der Waals surface area contributed by atoms with Gasteiger partial charge in [0, 0.05) is 13.7 Å². The Morgan fingerprint density at radius 1 is 1.33 bits per heavy atom. The van der Waals surface area contributed by atoms with Gasteiger partial charge in [-0.15, -0.1) is 0 Å². The molecule has 1 amide bonds. The maximum absolute atomic E-state index is 11.9. The van der Waals surface area contributed by atoms with Gasteiger partial charge in [-0.3, -0.25) is 24.6 Å². The molecule has 0 fully saturated rings. The summed E-state index contributed by atoms with van der Waals surface area (Å²) in [7, 11) is 1.47. The Balaban J connectivity index is 2.35. The number of hydrogen-bond acceptors (Lipinski definition) is 5. The van der Waals surface area contributed by atoms with Gasteiger partial charge in [-0.25, -0.2) is 0 Å². The Hall–Kier alpha value is -2.45. The number of fused-ring (bicyclic) bond motifs is 1. The monoisotopic (exact) mass is 292 g/mol. The van der Waals surface area contributed by atoms with Crippen LogP contribution in [0, 0.1) is 0 Å². The lowest BCUT2D eigenvalue weighted by Crippen LogP contribution is -2.28. The summed E-state index contributed by atoms with van der Waals surface area (Å²) in [5, 5.41) is 7.41. The van der Waals surface area contributed by atoms with Gasteiger partial charge >= 0.3 is 0 Å². The van der Waals surface area contributed by atoms with Gasteiger partial charge in [-0.1, -0.05) is 6.07 Å². The van der Waals surface area contributed by atoms with Gasteiger partial charge in [0.1, 0.15) is 0 Å². The molecule has 112 valence electrons. The first kappa shape index (κ1) is 14.9. The number of aromatic amines is 2. The Labute approximate surface area is 119 Å². The van der Waals surface area contributed by atoms with E-state index in [1.54, 1.807) is 12.1 Å². The molecule has 0 aliphatic rings. The number of aromatic nitrogens is 2. The van der Waals surface area contributed by atoms with Gasteiger partial charge in [0.05, 0.1) is 29.0 Å². The molecule has 0 saturated carbocycles. The first-order valence-electron chi connectivity index (χ1n) is 6.33. The smallest absolute Gasteiger partial charge is 0.272 e. The van der Waals surface area contributed by atoms with Crippen molar-refractivity contribution in [3.8, 4) is 0 Å². The second-order valence-electron chi connectivity index (χ2n) is 4.48. The van der Waals surface area contributed by atoms with Crippen LogP contribution in [0.3, 0.4) is 0 Å². The summed E-state index contributed by atoms with van der Waals surface area (Å²) in [6, 6.07) is 4.65. The predicted octanol–water partition coefficient (Wildman–Crippen LogP) is -0.481. The fourth-order valence-corrected chi connectivity index (χ4v) is 2.00. The van der Waals surface area contributed by atoms with Crippen LogP contribution >= 0.6 is 0 Å². The quantitative estimate of drug-likeness (QED) is 0.591. The maximum Gasteiger partial charge on any atom is 0.272 e. The third-order valence-electron chi connectivity index (χ3n) is 3.11. The standard InChI is InChI=1S/C13H16N4O4/c1-21-7(6-14)5-10(18)15-9-4-2-3-8-11(9)13(20)17-16-12(8)19/h2-4,7H,5-6,14H2,1H3,(H,15,18)(H,16,19)(H,17,20). The third-order valence-corrected chi connectivity index (χ3v) is 3.11. The second kappa shape index (κ2) is 6.33. The lowest BCUT2D eigenvalue weighted by Gasteiger charge is -2.13. The van der Waals surface area contributed by atoms with Crippen LogP contribution in [0.15, 0.2) is 27.8 Å². The van der Waals surface area contributed by atoms with E-state index in [0.29, 0.717) is 0 Å². The van der Waals surface area contributed by atoms with Gasteiger partial charge in [0.2, 0.25) is 5.91 Å². The number of ether oxygens (including phenoxy) is 1. The van der Waals surface area contributed by atoms with Gasteiger partial charge in [0.25, 0.3) is 11.1 Å². The first-order valence-corrected chi connectivity index (χ1v) is 6.33. The van der Waals surface area contributed by atoms with Crippen LogP contribution in [0.5, 0.6) is 0 Å². The molecule has 0 aliphatic carbocycles. The first-order chi connectivity index (χ1) is 10.1. The van der Waals surface area contributed by atoms with Crippen molar-refractivity contribution in [3.05, 3.63) is 38.9 Å². The van der Waals surface area contributed by atoms with Gasteiger partial charge in [0.15, 0.2) is 0 Å². The number of methoxy groups -OCH3 is 1. The molecule has 0 bridgehead atoms. The van der Waals surface area contributed by atoms with Crippen LogP contribution in [0.1, 0.15) is 6.42 Å². The van der Waals surface area contributed by atoms with Crippen molar-refractivity contribution in [1.82, 2.24) is 10.2 Å². The SMILES string of the molecule is COC(CN)CC(=O)Nc1cccc2c(=O)[nH][nH]c(=O)c12. The number of carbonyl (C=O) groups excluding carboxylic acids is 1. The highest BCUT2D eigenvalue weighted by Crippen LogP contribution is 2.17. The second-order valence-corrected chi connectivity index (χ2v) is 4.48. The highest BCUT2D eigenvalue weighted by Gasteiger charge is 2.14. The number of rotatable bonds is 5. The van der Waals surface area contributed by atoms with Crippen LogP contribution in [-0.2, 0) is 9.53 Å². The van der Waals surface area contributed by atoms with Gasteiger partial charge in [-0.05, 0) is 12.1 Å². The summed E-state index contributed by atoms with van der Waals surface area (Å²) in [4.78, 5) is 35.4. The molecule has 8 heteroatoms. The summed E-state index contributed by atoms with van der Waals surface area (Å²) in [6.07, 6.45) is -0.341. The summed E-state index contributed by atoms with van der Waals surface area (Å²) in [5.41, 5.74) is 4.81. The molecule has 21 heavy (non-hydrogen) atoms. The molecular formula is C13H16N4O4. The Morgan fingerprint density at radius 3 is 2.71 bits per heavy atom. The summed E-state index contributed by atoms with van der Waals surface area (Å²) in [6.45, 7) is 0.208. The normalized spacial score (nSPS) is 12.3. The molecule has 1 aromatic carbocycles. The number of nitrogens with two attached hydrogens (primary N) is 1. The van der Waals surface area contributed by atoms with Crippen LogP contribution in [-0.4, -0.2) is 35.9 Å². The number of nitrogens with one attached hydrogen (secondary N) is 3. The van der Waals surface area contributed by atoms with Crippen molar-refractivity contribution in [1.29, 1.82) is 0 Å². The Morgan fingerprint density at radius 2 is 2.05 bits per heavy atom. The van der Waals surface area contributed by atoms with Gasteiger partial charge < -0.3 is 15.8 Å². The fraction of sp³-hybridized carbons (Fsp3) is 0.308. The number of carbonyl (C=O) groups is 1. The molecule has 0 spiro atoms. The van der Waals surface area contributed by atoms with Crippen LogP contribution in [0.2, 0.25) is 0 Å². The van der Waals surface area contributed by atoms with E-state index >= 15 is 0 Å². The van der Waals surface area contributed by atoms with E-state index in [-0.39, 0.29) is 35.3 Å². The molecule has 2 aromatic rings. The largest absolute Gasteiger partial charge is 0.380 e. The highest BCUT2D eigenvalue weighted by atomic mass is 16.5. The molecule has 0 radical (unpaired) electrons. The lowest BCUT2D eigenvalue weighted by molar-refractivity contribution is -0.118. The molecule has 5 N–H and O–H groups in total. The van der Waals surface area contributed by atoms with E-state index in [9.17, 15) is 14.4 Å². The minimum atomic E-state index is -0.484. The number of hydrogen-bond donors (Lipinski definition) is 4. The van der Waals surface area contributed by atoms with E-state index in [4.69, 9.17) is 10.5 Å². The molecule has 0 saturated heterocycles. The number of amides is 1. The van der Waals surface area contributed by atoms with E-state index in [2.05, 4.69) is 15.5 Å². The zero-order valence-corrected chi connectivity index (χ0v) is 11.4. The molecule has 8 nitrogen and oxygen atoms in total. The van der Waals surface area contributed by atoms with Crippen molar-refractivity contribution in [2.24, 2.45) is 5.73 Å². The summed E-state index contributed by atoms with van der Waals surface area (Å²) < 4.78 is 5.03. The molecule has 0 aliphatic heterocycles. The van der Waals surface area contributed by atoms with Crippen molar-refractivity contribution in [2.45, 2.75) is 12.5 Å². The Kier molecular flexibility index (Phi) is 4.51. The van der Waals surface area contributed by atoms with Gasteiger partial charge in [-0.2, -0.15) is 0 Å².